The Morgan fingerprint density at radius 1 is 0.682 bits per heavy atom. The number of anilines is 1. The van der Waals surface area contributed by atoms with Crippen molar-refractivity contribution in [2.75, 3.05) is 24.7 Å². The van der Waals surface area contributed by atoms with Gasteiger partial charge in [-0.05, 0) is 0 Å². The van der Waals surface area contributed by atoms with Gasteiger partial charge in [-0.3, -0.25) is 0 Å². The summed E-state index contributed by atoms with van der Waals surface area (Å²) < 4.78 is 19.3. The molecule has 0 bridgehead atoms. The van der Waals surface area contributed by atoms with Crippen molar-refractivity contribution >= 4 is 46.3 Å². The van der Waals surface area contributed by atoms with E-state index in [1.165, 1.54) is 0 Å². The van der Waals surface area contributed by atoms with Crippen molar-refractivity contribution in [3.05, 3.63) is 132 Å². The van der Waals surface area contributed by atoms with Gasteiger partial charge in [0.25, 0.3) is 0 Å². The van der Waals surface area contributed by atoms with Crippen LogP contribution in [0.5, 0.6) is 0 Å². The third kappa shape index (κ3) is 3.73. The van der Waals surface area contributed by atoms with Crippen molar-refractivity contribution in [3.8, 4) is 0 Å². The average molecular weight is 608 g/mol. The molecule has 0 saturated heterocycles. The van der Waals surface area contributed by atoms with Gasteiger partial charge in [0.15, 0.2) is 0 Å². The molecule has 1 atom stereocenters. The van der Waals surface area contributed by atoms with Gasteiger partial charge in [-0.15, -0.1) is 0 Å². The molecule has 0 saturated carbocycles. The standard InChI is InChI=1S/C36H34NO6P/c1-4-37-30-25-17-16-24-29(30)36(35(37)40)31(33(38)41-5-2)32(34(39)42-6-3)44(43-36,26-18-10-7-11-19-26,27-20-12-8-13-21-27)28-22-14-9-15-23-28/h7-25H,4-6H2,1-3H3. The number of rotatable bonds is 8. The van der Waals surface area contributed by atoms with Gasteiger partial charge in [0, 0.05) is 0 Å². The number of esters is 2. The van der Waals surface area contributed by atoms with Crippen molar-refractivity contribution in [3.63, 3.8) is 0 Å². The van der Waals surface area contributed by atoms with Crippen LogP contribution < -0.4 is 20.8 Å². The van der Waals surface area contributed by atoms with E-state index < -0.39 is 30.3 Å². The van der Waals surface area contributed by atoms with E-state index in [-0.39, 0.29) is 24.1 Å². The average Bonchev–Trinajstić information content (AvgIpc) is 3.51. The van der Waals surface area contributed by atoms with Crippen LogP contribution in [0.1, 0.15) is 26.3 Å². The van der Waals surface area contributed by atoms with Crippen molar-refractivity contribution in [1.82, 2.24) is 0 Å². The molecule has 7 nitrogen and oxygen atoms in total. The molecule has 4 aromatic rings. The Morgan fingerprint density at radius 2 is 1.14 bits per heavy atom. The van der Waals surface area contributed by atoms with E-state index in [4.69, 9.17) is 14.0 Å². The SMILES string of the molecule is CCOC(=O)C1=C(C(=O)OCC)P(c2ccccc2)(c2ccccc2)(c2ccccc2)OC12C(=O)N(CC)c1ccccc12. The zero-order valence-electron chi connectivity index (χ0n) is 24.9. The Bertz CT molecular complexity index is 1670. The van der Waals surface area contributed by atoms with E-state index in [0.29, 0.717) is 33.7 Å². The third-order valence-corrected chi connectivity index (χ3v) is 14.2. The maximum atomic E-state index is 15.0. The minimum absolute atomic E-state index is 0.0148. The van der Waals surface area contributed by atoms with Crippen molar-refractivity contribution in [2.45, 2.75) is 26.4 Å². The molecule has 1 unspecified atom stereocenters. The van der Waals surface area contributed by atoms with Crippen LogP contribution in [-0.4, -0.2) is 37.6 Å². The second kappa shape index (κ2) is 11.2. The van der Waals surface area contributed by atoms with Gasteiger partial charge in [0.1, 0.15) is 0 Å². The molecular weight excluding hydrogens is 573 g/mol. The van der Waals surface area contributed by atoms with Crippen molar-refractivity contribution in [2.24, 2.45) is 0 Å². The van der Waals surface area contributed by atoms with Gasteiger partial charge in [-0.1, -0.05) is 0 Å². The van der Waals surface area contributed by atoms with Crippen LogP contribution in [0.15, 0.2) is 126 Å². The molecule has 0 fully saturated rings. The van der Waals surface area contributed by atoms with Gasteiger partial charge in [-0.25, -0.2) is 0 Å². The molecule has 2 heterocycles. The normalized spacial score (nSPS) is 20.6. The van der Waals surface area contributed by atoms with Crippen LogP contribution in [0.3, 0.4) is 0 Å². The predicted molar refractivity (Wildman–Crippen MR) is 173 cm³/mol. The molecule has 44 heavy (non-hydrogen) atoms. The maximum absolute atomic E-state index is 15.0. The first kappa shape index (κ1) is 29.5. The first-order chi connectivity index (χ1) is 21.4. The number of ether oxygens (including phenoxy) is 2. The fourth-order valence-corrected chi connectivity index (χ4v) is 13.1. The summed E-state index contributed by atoms with van der Waals surface area (Å²) >= 11 is 0. The fourth-order valence-electron chi connectivity index (χ4n) is 6.86. The van der Waals surface area contributed by atoms with E-state index in [1.54, 1.807) is 24.8 Å². The zero-order valence-corrected chi connectivity index (χ0v) is 25.8. The van der Waals surface area contributed by atoms with Gasteiger partial charge < -0.3 is 0 Å². The van der Waals surface area contributed by atoms with Gasteiger partial charge in [0.05, 0.1) is 0 Å². The summed E-state index contributed by atoms with van der Waals surface area (Å²) in [5.74, 6) is -1.99. The van der Waals surface area contributed by atoms with Crippen LogP contribution in [-0.2, 0) is 34.0 Å². The Kier molecular flexibility index (Phi) is 7.48. The molecule has 2 aliphatic rings. The minimum atomic E-state index is -4.78. The van der Waals surface area contributed by atoms with Crippen LogP contribution in [0, 0.1) is 0 Å². The molecule has 1 amide bonds. The van der Waals surface area contributed by atoms with Gasteiger partial charge in [-0.2, -0.15) is 0 Å². The molecular formula is C36H34NO6P. The number of hydrogen-bond acceptors (Lipinski definition) is 6. The van der Waals surface area contributed by atoms with Crippen molar-refractivity contribution < 1.29 is 28.4 Å². The molecule has 0 radical (unpaired) electrons. The Morgan fingerprint density at radius 3 is 1.61 bits per heavy atom. The number of amides is 1. The summed E-state index contributed by atoms with van der Waals surface area (Å²) in [6.45, 7) is 0.893. The quantitative estimate of drug-likeness (QED) is 0.205. The molecule has 8 heteroatoms. The second-order valence-electron chi connectivity index (χ2n) is 10.5. The predicted octanol–water partition coefficient (Wildman–Crippen LogP) is 5.10. The van der Waals surface area contributed by atoms with E-state index >= 15 is 4.79 Å². The molecule has 1 spiro atoms. The first-order valence-electron chi connectivity index (χ1n) is 14.8. The van der Waals surface area contributed by atoms with E-state index in [9.17, 15) is 9.59 Å². The molecule has 224 valence electrons. The number of para-hydroxylation sites is 1. The number of benzene rings is 4. The summed E-state index contributed by atoms with van der Waals surface area (Å²) in [4.78, 5) is 45.9. The topological polar surface area (TPSA) is 82.1 Å². The molecule has 0 aromatic heterocycles. The number of nitrogens with zero attached hydrogens (tertiary/aromatic N) is 1. The monoisotopic (exact) mass is 607 g/mol. The van der Waals surface area contributed by atoms with Crippen LogP contribution in [0.25, 0.3) is 0 Å². The summed E-state index contributed by atoms with van der Waals surface area (Å²) in [5.41, 5.74) is -1.05. The summed E-state index contributed by atoms with van der Waals surface area (Å²) in [6.07, 6.45) is 0. The molecule has 2 aliphatic heterocycles. The number of hydrogen-bond donors (Lipinski definition) is 0. The summed E-state index contributed by atoms with van der Waals surface area (Å²) in [7, 11) is 0. The molecule has 6 rings (SSSR count). The van der Waals surface area contributed by atoms with Gasteiger partial charge in [0.2, 0.25) is 0 Å². The molecule has 4 aromatic carbocycles. The van der Waals surface area contributed by atoms with Crippen LogP contribution in [0.2, 0.25) is 0 Å². The Hall–Kier alpha value is -4.58. The Labute approximate surface area is 257 Å². The van der Waals surface area contributed by atoms with E-state index in [2.05, 4.69) is 0 Å². The van der Waals surface area contributed by atoms with Gasteiger partial charge >= 0.3 is 257 Å². The molecule has 0 N–H and O–H groups in total. The zero-order chi connectivity index (χ0) is 31.0. The second-order valence-corrected chi connectivity index (χ2v) is 14.8. The number of fused-ring (bicyclic) bond motifs is 2. The number of carbonyl (C=O) groups is 3. The summed E-state index contributed by atoms with van der Waals surface area (Å²) in [6, 6.07) is 35.6. The van der Waals surface area contributed by atoms with Crippen LogP contribution in [0.4, 0.5) is 5.69 Å². The molecule has 0 aliphatic carbocycles. The van der Waals surface area contributed by atoms with Crippen molar-refractivity contribution in [1.29, 1.82) is 0 Å². The first-order valence-corrected chi connectivity index (χ1v) is 17.0. The van der Waals surface area contributed by atoms with E-state index in [1.807, 2.05) is 116 Å². The fraction of sp³-hybridized carbons (Fsp3) is 0.194. The Balaban J connectivity index is 1.94. The third-order valence-electron chi connectivity index (χ3n) is 8.47. The number of likely N-dealkylation sites (N-methyl/N-ethyl adjacent to an activating group) is 1. The summed E-state index contributed by atoms with van der Waals surface area (Å²) in [5, 5.41) is 1.97. The van der Waals surface area contributed by atoms with E-state index in [0.717, 1.165) is 0 Å². The number of carbonyl (C=O) groups excluding carboxylic acids is 3. The van der Waals surface area contributed by atoms with Crippen LogP contribution >= 0.6 is 6.83 Å².